The van der Waals surface area contributed by atoms with E-state index in [4.69, 9.17) is 28.6 Å². The highest BCUT2D eigenvalue weighted by Gasteiger charge is 2.05. The number of ether oxygens (including phenoxy) is 1. The maximum absolute atomic E-state index is 10.0. The number of rotatable bonds is 10. The molecule has 0 aromatic heterocycles. The number of para-hydroxylation sites is 1. The number of benzene rings is 3. The third-order valence-corrected chi connectivity index (χ3v) is 4.89. The number of aliphatic hydroxyl groups is 1. The fraction of sp³-hybridized carbons (Fsp3) is 0.208. The average molecular weight is 492 g/mol. The Labute approximate surface area is 205 Å². The highest BCUT2D eigenvalue weighted by atomic mass is 35.5. The molecule has 0 amide bonds. The van der Waals surface area contributed by atoms with Crippen molar-refractivity contribution in [2.45, 2.75) is 12.5 Å². The fourth-order valence-electron chi connectivity index (χ4n) is 2.88. The molecule has 0 heterocycles. The third kappa shape index (κ3) is 9.42. The Hall–Kier alpha value is -2.35. The summed E-state index contributed by atoms with van der Waals surface area (Å²) in [5.74, 6) is 0.762. The second kappa shape index (κ2) is 13.9. The van der Waals surface area contributed by atoms with E-state index in [9.17, 15) is 5.11 Å². The van der Waals surface area contributed by atoms with Gasteiger partial charge in [0.2, 0.25) is 0 Å². The van der Waals surface area contributed by atoms with Crippen molar-refractivity contribution < 1.29 is 9.84 Å². The van der Waals surface area contributed by atoms with Gasteiger partial charge in [-0.15, -0.1) is 12.4 Å². The van der Waals surface area contributed by atoms with Crippen LogP contribution in [0.3, 0.4) is 0 Å². The van der Waals surface area contributed by atoms with Crippen LogP contribution in [0.1, 0.15) is 5.56 Å². The molecule has 0 saturated heterocycles. The molecule has 0 bridgehead atoms. The van der Waals surface area contributed by atoms with Crippen LogP contribution in [0.4, 0.5) is 11.4 Å². The Kier molecular flexibility index (Phi) is 11.3. The quantitative estimate of drug-likeness (QED) is 0.232. The molecule has 0 unspecified atom stereocenters. The molecule has 0 aliphatic carbocycles. The Morgan fingerprint density at radius 1 is 0.938 bits per heavy atom. The molecule has 5 nitrogen and oxygen atoms in total. The summed E-state index contributed by atoms with van der Waals surface area (Å²) in [7, 11) is 0. The lowest BCUT2D eigenvalue weighted by molar-refractivity contribution is 0.106. The van der Waals surface area contributed by atoms with Crippen LogP contribution >= 0.6 is 36.2 Å². The van der Waals surface area contributed by atoms with E-state index >= 15 is 0 Å². The van der Waals surface area contributed by atoms with Crippen LogP contribution in [0.15, 0.2) is 78.9 Å². The first-order valence-corrected chi connectivity index (χ1v) is 10.9. The standard InChI is InChI=1S/C24H26ClN3O2S.ClH/c25-19-5-4-6-21(15-19)28-24(31)27-20-11-9-18(10-12-20)13-14-26-16-22(29)17-30-23-7-2-1-3-8-23;/h1-12,15,22,26,29H,13-14,16-17H2,(H2,27,28,31);1H/t22-;/m0./s1. The van der Waals surface area contributed by atoms with Gasteiger partial charge in [-0.05, 0) is 73.2 Å². The van der Waals surface area contributed by atoms with E-state index in [1.165, 1.54) is 5.56 Å². The van der Waals surface area contributed by atoms with Crippen LogP contribution in [0.25, 0.3) is 0 Å². The van der Waals surface area contributed by atoms with Crippen molar-refractivity contribution in [3.8, 4) is 5.75 Å². The van der Waals surface area contributed by atoms with Gasteiger partial charge in [0.05, 0.1) is 0 Å². The SMILES string of the molecule is Cl.O[C@@H](CNCCc1ccc(NC(=S)Nc2cccc(Cl)c2)cc1)COc1ccccc1. The minimum atomic E-state index is -0.556. The number of hydrogen-bond acceptors (Lipinski definition) is 4. The normalized spacial score (nSPS) is 11.2. The van der Waals surface area contributed by atoms with Crippen molar-refractivity contribution in [2.75, 3.05) is 30.3 Å². The summed E-state index contributed by atoms with van der Waals surface area (Å²) in [6.07, 6.45) is 0.303. The molecule has 1 atom stereocenters. The van der Waals surface area contributed by atoms with Crippen molar-refractivity contribution in [3.05, 3.63) is 89.4 Å². The summed E-state index contributed by atoms with van der Waals surface area (Å²) in [5, 5.41) is 20.7. The van der Waals surface area contributed by atoms with E-state index in [1.807, 2.05) is 66.7 Å². The molecular weight excluding hydrogens is 465 g/mol. The minimum Gasteiger partial charge on any atom is -0.491 e. The molecule has 0 fully saturated rings. The highest BCUT2D eigenvalue weighted by molar-refractivity contribution is 7.80. The summed E-state index contributed by atoms with van der Waals surface area (Å²) in [6.45, 7) is 1.51. The van der Waals surface area contributed by atoms with Gasteiger partial charge in [0.25, 0.3) is 0 Å². The van der Waals surface area contributed by atoms with E-state index in [2.05, 4.69) is 28.1 Å². The monoisotopic (exact) mass is 491 g/mol. The number of thiocarbonyl (C=S) groups is 1. The second-order valence-corrected chi connectivity index (χ2v) is 7.86. The fourth-order valence-corrected chi connectivity index (χ4v) is 3.31. The molecule has 0 aliphatic rings. The number of aliphatic hydroxyl groups excluding tert-OH is 1. The molecule has 0 radical (unpaired) electrons. The van der Waals surface area contributed by atoms with E-state index in [-0.39, 0.29) is 19.0 Å². The van der Waals surface area contributed by atoms with Crippen molar-refractivity contribution >= 4 is 52.7 Å². The minimum absolute atomic E-state index is 0. The predicted molar refractivity (Wildman–Crippen MR) is 140 cm³/mol. The highest BCUT2D eigenvalue weighted by Crippen LogP contribution is 2.16. The third-order valence-electron chi connectivity index (χ3n) is 4.45. The molecule has 8 heteroatoms. The number of nitrogens with one attached hydrogen (secondary N) is 3. The Morgan fingerprint density at radius 2 is 1.66 bits per heavy atom. The molecule has 3 aromatic carbocycles. The van der Waals surface area contributed by atoms with Crippen molar-refractivity contribution in [1.29, 1.82) is 0 Å². The van der Waals surface area contributed by atoms with Gasteiger partial charge in [0.1, 0.15) is 18.5 Å². The summed E-state index contributed by atoms with van der Waals surface area (Å²) in [4.78, 5) is 0. The van der Waals surface area contributed by atoms with E-state index in [0.717, 1.165) is 30.1 Å². The molecule has 3 aromatic rings. The molecular formula is C24H27Cl2N3O2S. The largest absolute Gasteiger partial charge is 0.491 e. The smallest absolute Gasteiger partial charge is 0.175 e. The zero-order chi connectivity index (χ0) is 21.9. The molecule has 0 saturated carbocycles. The van der Waals surface area contributed by atoms with Gasteiger partial charge in [0.15, 0.2) is 5.11 Å². The zero-order valence-corrected chi connectivity index (χ0v) is 19.9. The summed E-state index contributed by atoms with van der Waals surface area (Å²) < 4.78 is 5.55. The number of anilines is 2. The van der Waals surface area contributed by atoms with Crippen LogP contribution in [0.5, 0.6) is 5.75 Å². The van der Waals surface area contributed by atoms with Gasteiger partial charge in [-0.2, -0.15) is 0 Å². The van der Waals surface area contributed by atoms with Crippen molar-refractivity contribution in [2.24, 2.45) is 0 Å². The maximum Gasteiger partial charge on any atom is 0.175 e. The average Bonchev–Trinajstić information content (AvgIpc) is 2.77. The van der Waals surface area contributed by atoms with Crippen LogP contribution in [-0.4, -0.2) is 36.0 Å². The Balaban J connectivity index is 0.00000363. The topological polar surface area (TPSA) is 65.5 Å². The first kappa shape index (κ1) is 25.9. The molecule has 0 aliphatic heterocycles. The summed E-state index contributed by atoms with van der Waals surface area (Å²) in [6, 6.07) is 25.0. The van der Waals surface area contributed by atoms with Crippen LogP contribution < -0.4 is 20.7 Å². The first-order chi connectivity index (χ1) is 15.1. The first-order valence-electron chi connectivity index (χ1n) is 10.1. The lowest BCUT2D eigenvalue weighted by atomic mass is 10.1. The van der Waals surface area contributed by atoms with Crippen molar-refractivity contribution in [3.63, 3.8) is 0 Å². The van der Waals surface area contributed by atoms with Gasteiger partial charge < -0.3 is 25.8 Å². The van der Waals surface area contributed by atoms with E-state index < -0.39 is 6.10 Å². The maximum atomic E-state index is 10.0. The van der Waals surface area contributed by atoms with Gasteiger partial charge in [-0.1, -0.05) is 48.0 Å². The predicted octanol–water partition coefficient (Wildman–Crippen LogP) is 5.14. The number of halogens is 2. The molecule has 32 heavy (non-hydrogen) atoms. The lowest BCUT2D eigenvalue weighted by Crippen LogP contribution is -2.32. The van der Waals surface area contributed by atoms with Gasteiger partial charge in [0, 0.05) is 22.9 Å². The van der Waals surface area contributed by atoms with Gasteiger partial charge >= 0.3 is 0 Å². The van der Waals surface area contributed by atoms with Crippen LogP contribution in [0, 0.1) is 0 Å². The lowest BCUT2D eigenvalue weighted by Gasteiger charge is -2.13. The van der Waals surface area contributed by atoms with Crippen molar-refractivity contribution in [1.82, 2.24) is 5.32 Å². The summed E-state index contributed by atoms with van der Waals surface area (Å²) in [5.41, 5.74) is 2.94. The number of hydrogen-bond donors (Lipinski definition) is 4. The zero-order valence-electron chi connectivity index (χ0n) is 17.5. The second-order valence-electron chi connectivity index (χ2n) is 7.02. The van der Waals surface area contributed by atoms with Gasteiger partial charge in [-0.25, -0.2) is 0 Å². The van der Waals surface area contributed by atoms with Crippen LogP contribution in [0.2, 0.25) is 5.02 Å². The van der Waals surface area contributed by atoms with Crippen LogP contribution in [-0.2, 0) is 6.42 Å². The summed E-state index contributed by atoms with van der Waals surface area (Å²) >= 11 is 11.3. The Bertz CT molecular complexity index is 959. The van der Waals surface area contributed by atoms with E-state index in [1.54, 1.807) is 0 Å². The molecule has 3 rings (SSSR count). The Morgan fingerprint density at radius 3 is 2.38 bits per heavy atom. The molecule has 0 spiro atoms. The van der Waals surface area contributed by atoms with Gasteiger partial charge in [-0.3, -0.25) is 0 Å². The van der Waals surface area contributed by atoms with E-state index in [0.29, 0.717) is 16.7 Å². The molecule has 170 valence electrons. The molecule has 4 N–H and O–H groups in total.